The van der Waals surface area contributed by atoms with Gasteiger partial charge in [-0.05, 0) is 51.8 Å². The van der Waals surface area contributed by atoms with Crippen LogP contribution in [0.2, 0.25) is 5.02 Å². The first-order chi connectivity index (χ1) is 18.1. The highest BCUT2D eigenvalue weighted by atomic mass is 35.5. The number of rotatable bonds is 7. The van der Waals surface area contributed by atoms with E-state index >= 15 is 0 Å². The molecule has 3 rings (SSSR count). The lowest BCUT2D eigenvalue weighted by molar-refractivity contribution is -0.138. The largest absolute Gasteiger partial charge is 0.484 e. The molecule has 3 amide bonds. The minimum absolute atomic E-state index is 0.0761. The van der Waals surface area contributed by atoms with Crippen LogP contribution in [0.1, 0.15) is 44.9 Å². The molecule has 14 heteroatoms. The monoisotopic (exact) mass is 577 g/mol. The molecule has 39 heavy (non-hydrogen) atoms. The maximum Gasteiger partial charge on any atom is 0.419 e. The molecule has 2 unspecified atom stereocenters. The van der Waals surface area contributed by atoms with Crippen molar-refractivity contribution < 1.29 is 45.8 Å². The molecule has 2 atom stereocenters. The van der Waals surface area contributed by atoms with Gasteiger partial charge in [0.15, 0.2) is 6.61 Å². The van der Waals surface area contributed by atoms with E-state index in [0.29, 0.717) is 12.7 Å². The van der Waals surface area contributed by atoms with Crippen LogP contribution in [0.25, 0.3) is 0 Å². The molecule has 2 heterocycles. The smallest absolute Gasteiger partial charge is 0.419 e. The van der Waals surface area contributed by atoms with Crippen LogP contribution >= 0.6 is 11.6 Å². The summed E-state index contributed by atoms with van der Waals surface area (Å²) in [6.07, 6.45) is -4.40. The predicted octanol–water partition coefficient (Wildman–Crippen LogP) is 4.67. The van der Waals surface area contributed by atoms with Crippen molar-refractivity contribution >= 4 is 29.5 Å². The lowest BCUT2D eigenvalue weighted by atomic mass is 9.97. The number of piperidine rings is 1. The molecule has 0 bridgehead atoms. The molecule has 0 aliphatic carbocycles. The predicted molar refractivity (Wildman–Crippen MR) is 130 cm³/mol. The van der Waals surface area contributed by atoms with Crippen LogP contribution < -0.4 is 15.4 Å². The molecule has 1 saturated heterocycles. The van der Waals surface area contributed by atoms with Crippen molar-refractivity contribution in [2.45, 2.75) is 64.0 Å². The number of nitrogens with one attached hydrogen (secondary N) is 2. The van der Waals surface area contributed by atoms with E-state index in [2.05, 4.69) is 10.6 Å². The molecule has 0 spiro atoms. The minimum atomic E-state index is -4.59. The second-order valence-corrected chi connectivity index (χ2v) is 10.3. The molecule has 2 N–H and O–H groups in total. The van der Waals surface area contributed by atoms with Crippen molar-refractivity contribution in [2.75, 3.05) is 13.2 Å². The average Bonchev–Trinajstić information content (AvgIpc) is 3.32. The Morgan fingerprint density at radius 2 is 1.87 bits per heavy atom. The Morgan fingerprint density at radius 1 is 1.15 bits per heavy atom. The summed E-state index contributed by atoms with van der Waals surface area (Å²) in [7, 11) is 0. The van der Waals surface area contributed by atoms with Gasteiger partial charge in [-0.1, -0.05) is 11.6 Å². The Labute approximate surface area is 226 Å². The van der Waals surface area contributed by atoms with Crippen molar-refractivity contribution in [3.63, 3.8) is 0 Å². The summed E-state index contributed by atoms with van der Waals surface area (Å²) in [4.78, 5) is 39.4. The average molecular weight is 578 g/mol. The zero-order chi connectivity index (χ0) is 29.0. The number of hydrogen-bond acceptors (Lipinski definition) is 6. The van der Waals surface area contributed by atoms with E-state index in [4.69, 9.17) is 25.5 Å². The molecule has 1 aliphatic rings. The zero-order valence-electron chi connectivity index (χ0n) is 21.4. The van der Waals surface area contributed by atoms with Gasteiger partial charge >= 0.3 is 12.3 Å². The topological polar surface area (TPSA) is 110 Å². The van der Waals surface area contributed by atoms with Crippen molar-refractivity contribution in [1.29, 1.82) is 0 Å². The first-order valence-electron chi connectivity index (χ1n) is 11.9. The van der Waals surface area contributed by atoms with Crippen molar-refractivity contribution in [2.24, 2.45) is 0 Å². The van der Waals surface area contributed by atoms with Gasteiger partial charge in [-0.2, -0.15) is 13.2 Å². The normalized spacial score (nSPS) is 17.9. The number of carbonyl (C=O) groups excluding carboxylic acids is 3. The van der Waals surface area contributed by atoms with Gasteiger partial charge in [-0.3, -0.25) is 14.5 Å². The van der Waals surface area contributed by atoms with E-state index in [1.54, 1.807) is 20.8 Å². The molecule has 9 nitrogen and oxygen atoms in total. The molecule has 2 aromatic rings. The van der Waals surface area contributed by atoms with Gasteiger partial charge in [0.05, 0.1) is 17.1 Å². The second kappa shape index (κ2) is 12.1. The number of amides is 3. The number of alkyl halides is 3. The van der Waals surface area contributed by atoms with Gasteiger partial charge < -0.3 is 24.5 Å². The number of benzene rings is 1. The summed E-state index contributed by atoms with van der Waals surface area (Å²) in [5, 5.41) is 5.10. The molecule has 214 valence electrons. The fraction of sp³-hybridized carbons (Fsp3) is 0.480. The van der Waals surface area contributed by atoms with Gasteiger partial charge in [-0.15, -0.1) is 0 Å². The van der Waals surface area contributed by atoms with Gasteiger partial charge in [-0.25, -0.2) is 9.18 Å². The zero-order valence-corrected chi connectivity index (χ0v) is 22.1. The molecular formula is C25H28ClF4N3O6. The fourth-order valence-electron chi connectivity index (χ4n) is 3.78. The van der Waals surface area contributed by atoms with E-state index in [-0.39, 0.29) is 36.0 Å². The fourth-order valence-corrected chi connectivity index (χ4v) is 3.90. The van der Waals surface area contributed by atoms with Crippen LogP contribution in [0.15, 0.2) is 34.9 Å². The highest BCUT2D eigenvalue weighted by molar-refractivity contribution is 6.30. The van der Waals surface area contributed by atoms with Crippen LogP contribution in [0.4, 0.5) is 22.4 Å². The Bertz CT molecular complexity index is 1200. The minimum Gasteiger partial charge on any atom is -0.484 e. The molecule has 1 fully saturated rings. The van der Waals surface area contributed by atoms with E-state index in [1.165, 1.54) is 12.1 Å². The number of furan rings is 1. The summed E-state index contributed by atoms with van der Waals surface area (Å²) in [6, 6.07) is 2.95. The molecule has 1 aromatic carbocycles. The summed E-state index contributed by atoms with van der Waals surface area (Å²) < 4.78 is 67.5. The first-order valence-corrected chi connectivity index (χ1v) is 12.3. The Hall–Kier alpha value is -3.48. The number of halogens is 5. The van der Waals surface area contributed by atoms with Crippen LogP contribution in [0.5, 0.6) is 5.75 Å². The van der Waals surface area contributed by atoms with Crippen LogP contribution in [0.3, 0.4) is 0 Å². The molecule has 1 aromatic heterocycles. The van der Waals surface area contributed by atoms with Gasteiger partial charge in [0.25, 0.3) is 5.91 Å². The summed E-state index contributed by atoms with van der Waals surface area (Å²) in [6.45, 7) is 4.11. The Kier molecular flexibility index (Phi) is 9.36. The second-order valence-electron chi connectivity index (χ2n) is 9.87. The number of nitrogens with zero attached hydrogens (tertiary/aromatic N) is 1. The first kappa shape index (κ1) is 30.1. The maximum absolute atomic E-state index is 13.6. The summed E-state index contributed by atoms with van der Waals surface area (Å²) in [5.74, 6) is -1.88. The van der Waals surface area contributed by atoms with Crippen LogP contribution in [-0.2, 0) is 27.0 Å². The highest BCUT2D eigenvalue weighted by Gasteiger charge is 2.39. The van der Waals surface area contributed by atoms with Gasteiger partial charge in [0.2, 0.25) is 5.91 Å². The molecule has 0 saturated carbocycles. The summed E-state index contributed by atoms with van der Waals surface area (Å²) in [5.41, 5.74) is -1.86. The third-order valence-corrected chi connectivity index (χ3v) is 5.86. The number of ether oxygens (including phenoxy) is 2. The van der Waals surface area contributed by atoms with Crippen molar-refractivity contribution in [3.8, 4) is 5.75 Å². The Balaban J connectivity index is 1.61. The third kappa shape index (κ3) is 8.77. The lowest BCUT2D eigenvalue weighted by Crippen LogP contribution is -2.59. The van der Waals surface area contributed by atoms with Crippen molar-refractivity contribution in [3.05, 3.63) is 52.7 Å². The van der Waals surface area contributed by atoms with Crippen LogP contribution in [-0.4, -0.2) is 53.6 Å². The van der Waals surface area contributed by atoms with E-state index in [1.807, 2.05) is 0 Å². The lowest BCUT2D eigenvalue weighted by Gasteiger charge is -2.39. The van der Waals surface area contributed by atoms with Crippen LogP contribution in [0, 0.1) is 5.82 Å². The van der Waals surface area contributed by atoms with E-state index in [0.717, 1.165) is 17.0 Å². The number of hydrogen-bond donors (Lipinski definition) is 2. The standard InChI is InChI=1S/C25H28ClF4N3O6/c1-24(2,3)39-23(36)33-11-15(32-21(34)13-38-16-5-6-18(26)19(27)9-16)4-7-20(33)22(35)31-10-17-8-14(12-37-17)25(28,29)30/h5-6,8-9,12,15,20H,4,7,10-11,13H2,1-3H3,(H,31,35)(H,32,34). The quantitative estimate of drug-likeness (QED) is 0.463. The Morgan fingerprint density at radius 3 is 2.49 bits per heavy atom. The van der Waals surface area contributed by atoms with Gasteiger partial charge in [0, 0.05) is 18.7 Å². The molecule has 1 aliphatic heterocycles. The maximum atomic E-state index is 13.6. The van der Waals surface area contributed by atoms with Crippen molar-refractivity contribution in [1.82, 2.24) is 15.5 Å². The summed E-state index contributed by atoms with van der Waals surface area (Å²) >= 11 is 5.63. The van der Waals surface area contributed by atoms with Gasteiger partial charge in [0.1, 0.15) is 35.2 Å². The molecule has 0 radical (unpaired) electrons. The third-order valence-electron chi connectivity index (χ3n) is 5.56. The van der Waals surface area contributed by atoms with E-state index in [9.17, 15) is 31.9 Å². The number of carbonyl (C=O) groups is 3. The molecular weight excluding hydrogens is 550 g/mol. The SMILES string of the molecule is CC(C)(C)OC(=O)N1CC(NC(=O)COc2ccc(Cl)c(F)c2)CCC1C(=O)NCc1cc(C(F)(F)F)co1. The van der Waals surface area contributed by atoms with E-state index < -0.39 is 59.8 Å². The number of likely N-dealkylation sites (tertiary alicyclic amines) is 1. The highest BCUT2D eigenvalue weighted by Crippen LogP contribution is 2.30.